The molecule has 3 amide bonds. The van der Waals surface area contributed by atoms with Crippen LogP contribution in [0.1, 0.15) is 36.4 Å². The maximum Gasteiger partial charge on any atom is 0.410 e. The van der Waals surface area contributed by atoms with Crippen LogP contribution in [0.4, 0.5) is 4.79 Å². The highest BCUT2D eigenvalue weighted by Gasteiger charge is 2.44. The summed E-state index contributed by atoms with van der Waals surface area (Å²) in [6, 6.07) is 17.1. The highest BCUT2D eigenvalue weighted by atomic mass is 16.6. The average Bonchev–Trinajstić information content (AvgIpc) is 3.48. The van der Waals surface area contributed by atoms with Gasteiger partial charge in [-0.15, -0.1) is 0 Å². The normalized spacial score (nSPS) is 21.1. The molecule has 5 rings (SSSR count). The topological polar surface area (TPSA) is 79.4 Å². The lowest BCUT2D eigenvalue weighted by molar-refractivity contribution is -0.134. The van der Waals surface area contributed by atoms with Crippen LogP contribution in [-0.4, -0.2) is 79.0 Å². The first-order valence-corrected chi connectivity index (χ1v) is 12.6. The van der Waals surface area contributed by atoms with Gasteiger partial charge in [-0.1, -0.05) is 42.5 Å². The molecule has 1 unspecified atom stereocenters. The molecule has 0 radical (unpaired) electrons. The highest BCUT2D eigenvalue weighted by molar-refractivity contribution is 5.83. The van der Waals surface area contributed by atoms with Crippen LogP contribution in [-0.2, 0) is 20.7 Å². The second kappa shape index (κ2) is 10.2. The summed E-state index contributed by atoms with van der Waals surface area (Å²) >= 11 is 0. The number of hydrogen-bond donors (Lipinski definition) is 0. The molecule has 0 aliphatic carbocycles. The average molecular weight is 492 g/mol. The summed E-state index contributed by atoms with van der Waals surface area (Å²) in [7, 11) is 1.62. The lowest BCUT2D eigenvalue weighted by atomic mass is 9.77. The summed E-state index contributed by atoms with van der Waals surface area (Å²) in [5, 5.41) is 0. The van der Waals surface area contributed by atoms with Gasteiger partial charge in [0.1, 0.15) is 18.9 Å². The summed E-state index contributed by atoms with van der Waals surface area (Å²) in [5.74, 6) is 0.845. The maximum absolute atomic E-state index is 13.2. The first kappa shape index (κ1) is 24.2. The first-order valence-electron chi connectivity index (χ1n) is 12.6. The van der Waals surface area contributed by atoms with Crippen molar-refractivity contribution in [1.82, 2.24) is 14.7 Å². The van der Waals surface area contributed by atoms with E-state index in [4.69, 9.17) is 9.47 Å². The predicted octanol–water partition coefficient (Wildman–Crippen LogP) is 3.27. The fourth-order valence-corrected chi connectivity index (χ4v) is 5.68. The number of benzene rings is 2. The Morgan fingerprint density at radius 2 is 1.69 bits per heavy atom. The molecule has 3 aliphatic heterocycles. The highest BCUT2D eigenvalue weighted by Crippen LogP contribution is 2.41. The van der Waals surface area contributed by atoms with Gasteiger partial charge in [-0.3, -0.25) is 14.5 Å². The number of rotatable bonds is 6. The maximum atomic E-state index is 13.2. The van der Waals surface area contributed by atoms with Crippen molar-refractivity contribution in [3.8, 4) is 5.75 Å². The van der Waals surface area contributed by atoms with Gasteiger partial charge in [0.25, 0.3) is 0 Å². The molecule has 2 aromatic rings. The molecule has 0 saturated carbocycles. The molecule has 1 spiro atoms. The Morgan fingerprint density at radius 1 is 0.972 bits per heavy atom. The van der Waals surface area contributed by atoms with E-state index in [1.807, 2.05) is 64.4 Å². The zero-order chi connectivity index (χ0) is 25.1. The van der Waals surface area contributed by atoms with E-state index in [2.05, 4.69) is 0 Å². The molecule has 2 aromatic carbocycles. The summed E-state index contributed by atoms with van der Waals surface area (Å²) in [6.07, 6.45) is 2.64. The van der Waals surface area contributed by atoms with Gasteiger partial charge in [-0.05, 0) is 47.9 Å². The summed E-state index contributed by atoms with van der Waals surface area (Å²) in [4.78, 5) is 43.8. The third-order valence-corrected chi connectivity index (χ3v) is 7.92. The van der Waals surface area contributed by atoms with Crippen LogP contribution in [0.5, 0.6) is 5.75 Å². The minimum absolute atomic E-state index is 0.0274. The fraction of sp³-hybridized carbons (Fsp3) is 0.464. The van der Waals surface area contributed by atoms with Gasteiger partial charge in [-0.25, -0.2) is 4.79 Å². The Kier molecular flexibility index (Phi) is 6.85. The second-order valence-corrected chi connectivity index (χ2v) is 10.1. The molecule has 3 aliphatic rings. The van der Waals surface area contributed by atoms with Gasteiger partial charge < -0.3 is 19.3 Å². The number of hydrogen-bond acceptors (Lipinski definition) is 5. The first-order chi connectivity index (χ1) is 17.5. The van der Waals surface area contributed by atoms with E-state index in [0.717, 1.165) is 36.1 Å². The monoisotopic (exact) mass is 491 g/mol. The van der Waals surface area contributed by atoms with Gasteiger partial charge in [0.05, 0.1) is 19.6 Å². The minimum atomic E-state index is -0.436. The smallest absolute Gasteiger partial charge is 0.410 e. The zero-order valence-corrected chi connectivity index (χ0v) is 20.7. The molecule has 1 atom stereocenters. The number of nitrogens with zero attached hydrogens (tertiary/aromatic N) is 3. The Balaban J connectivity index is 1.14. The molecule has 3 fully saturated rings. The zero-order valence-electron chi connectivity index (χ0n) is 20.7. The van der Waals surface area contributed by atoms with Crippen molar-refractivity contribution in [2.45, 2.75) is 31.7 Å². The van der Waals surface area contributed by atoms with Crippen LogP contribution in [0.25, 0.3) is 0 Å². The second-order valence-electron chi connectivity index (χ2n) is 10.1. The van der Waals surface area contributed by atoms with Gasteiger partial charge in [0.15, 0.2) is 0 Å². The molecular formula is C28H33N3O5. The van der Waals surface area contributed by atoms with Gasteiger partial charge >= 0.3 is 6.09 Å². The van der Waals surface area contributed by atoms with Crippen LogP contribution in [0.2, 0.25) is 0 Å². The van der Waals surface area contributed by atoms with E-state index in [9.17, 15) is 14.4 Å². The van der Waals surface area contributed by atoms with Gasteiger partial charge in [-0.2, -0.15) is 0 Å². The van der Waals surface area contributed by atoms with E-state index in [1.54, 1.807) is 12.0 Å². The van der Waals surface area contributed by atoms with Crippen molar-refractivity contribution < 1.29 is 23.9 Å². The van der Waals surface area contributed by atoms with Crippen molar-refractivity contribution in [2.75, 3.05) is 46.4 Å². The number of carbonyl (C=O) groups is 3. The van der Waals surface area contributed by atoms with E-state index >= 15 is 0 Å². The van der Waals surface area contributed by atoms with Crippen LogP contribution < -0.4 is 4.74 Å². The van der Waals surface area contributed by atoms with E-state index in [1.165, 1.54) is 0 Å². The molecule has 3 heterocycles. The number of carbonyl (C=O) groups excluding carboxylic acids is 3. The molecule has 36 heavy (non-hydrogen) atoms. The van der Waals surface area contributed by atoms with Crippen molar-refractivity contribution in [1.29, 1.82) is 0 Å². The van der Waals surface area contributed by atoms with E-state index < -0.39 is 6.09 Å². The molecule has 3 saturated heterocycles. The third kappa shape index (κ3) is 5.03. The Hall–Kier alpha value is -3.55. The quantitative estimate of drug-likeness (QED) is 0.620. The molecule has 0 aromatic heterocycles. The summed E-state index contributed by atoms with van der Waals surface area (Å²) < 4.78 is 10.5. The van der Waals surface area contributed by atoms with Crippen molar-refractivity contribution in [3.05, 3.63) is 65.7 Å². The summed E-state index contributed by atoms with van der Waals surface area (Å²) in [6.45, 7) is 3.08. The Morgan fingerprint density at radius 3 is 2.42 bits per heavy atom. The van der Waals surface area contributed by atoms with Crippen LogP contribution in [0, 0.1) is 5.41 Å². The third-order valence-electron chi connectivity index (χ3n) is 7.92. The molecule has 0 N–H and O–H groups in total. The van der Waals surface area contributed by atoms with Crippen LogP contribution in [0.15, 0.2) is 54.6 Å². The summed E-state index contributed by atoms with van der Waals surface area (Å²) in [5.41, 5.74) is 1.97. The largest absolute Gasteiger partial charge is 0.497 e. The number of cyclic esters (lactones) is 1. The molecule has 8 heteroatoms. The Bertz CT molecular complexity index is 1110. The van der Waals surface area contributed by atoms with Gasteiger partial charge in [0.2, 0.25) is 11.8 Å². The van der Waals surface area contributed by atoms with Crippen molar-refractivity contribution in [2.24, 2.45) is 5.41 Å². The SMILES string of the molecule is COc1cccc(CC(=O)N2CCC3(CC2)CCN(C(=O)CN2C(=O)OCC2c2ccccc2)C3)c1. The van der Waals surface area contributed by atoms with Crippen LogP contribution in [0.3, 0.4) is 0 Å². The van der Waals surface area contributed by atoms with Gasteiger partial charge in [0, 0.05) is 26.2 Å². The number of amides is 3. The van der Waals surface area contributed by atoms with E-state index in [-0.39, 0.29) is 36.4 Å². The Labute approximate surface area is 211 Å². The van der Waals surface area contributed by atoms with Crippen LogP contribution >= 0.6 is 0 Å². The van der Waals surface area contributed by atoms with Crippen molar-refractivity contribution in [3.63, 3.8) is 0 Å². The van der Waals surface area contributed by atoms with Crippen molar-refractivity contribution >= 4 is 17.9 Å². The number of likely N-dealkylation sites (tertiary alicyclic amines) is 2. The number of methoxy groups -OCH3 is 1. The van der Waals surface area contributed by atoms with E-state index in [0.29, 0.717) is 32.6 Å². The lowest BCUT2D eigenvalue weighted by Crippen LogP contribution is -2.46. The number of ether oxygens (including phenoxy) is 2. The minimum Gasteiger partial charge on any atom is -0.497 e. The molecular weight excluding hydrogens is 458 g/mol. The predicted molar refractivity (Wildman–Crippen MR) is 133 cm³/mol. The molecule has 190 valence electrons. The standard InChI is InChI=1S/C28H33N3O5/c1-35-23-9-5-6-21(16-23)17-25(32)29-13-10-28(11-14-29)12-15-30(20-28)26(33)18-31-24(19-36-27(31)34)22-7-3-2-4-8-22/h2-9,16,24H,10-15,17-20H2,1H3. The lowest BCUT2D eigenvalue weighted by Gasteiger charge is -2.39. The fourth-order valence-electron chi connectivity index (χ4n) is 5.68. The molecule has 8 nitrogen and oxygen atoms in total. The molecule has 0 bridgehead atoms. The number of piperidine rings is 1.